The summed E-state index contributed by atoms with van der Waals surface area (Å²) in [7, 11) is 0. The van der Waals surface area contributed by atoms with Crippen molar-refractivity contribution < 1.29 is 22.4 Å². The van der Waals surface area contributed by atoms with Gasteiger partial charge in [-0.25, -0.2) is 9.29 Å². The van der Waals surface area contributed by atoms with Gasteiger partial charge in [0.25, 0.3) is 5.91 Å². The predicted molar refractivity (Wildman–Crippen MR) is 87.8 cm³/mol. The molecule has 0 bridgehead atoms. The molecule has 0 spiro atoms. The number of amides is 1. The first-order chi connectivity index (χ1) is 11.8. The maximum atomic E-state index is 13.3. The Bertz CT molecular complexity index is 417. The van der Waals surface area contributed by atoms with Gasteiger partial charge in [-0.2, -0.15) is 13.2 Å². The zero-order chi connectivity index (χ0) is 18.4. The lowest BCUT2D eigenvalue weighted by atomic mass is 9.84. The lowest BCUT2D eigenvalue weighted by Gasteiger charge is -2.36. The molecule has 0 aromatic carbocycles. The van der Waals surface area contributed by atoms with Crippen molar-refractivity contribution in [2.24, 2.45) is 5.92 Å². The molecule has 1 amide bonds. The largest absolute Gasteiger partial charge is 0.460 e. The van der Waals surface area contributed by atoms with E-state index in [1.807, 2.05) is 0 Å². The number of carbonyl (C=O) groups excluding carboxylic acids is 1. The molecule has 1 saturated heterocycles. The maximum Gasteiger partial charge on any atom is 0.460 e. The van der Waals surface area contributed by atoms with Crippen LogP contribution in [0.2, 0.25) is 0 Å². The first-order valence-corrected chi connectivity index (χ1v) is 9.28. The SMILES string of the molecule is CCC(F)C(=O)NC1CCC(CCN2CCN(C(F)(F)F)CC2)CC1. The van der Waals surface area contributed by atoms with Crippen LogP contribution in [0, 0.1) is 5.92 Å². The molecular weight excluding hydrogens is 338 g/mol. The molecule has 146 valence electrons. The number of rotatable bonds is 6. The number of hydrogen-bond donors (Lipinski definition) is 1. The maximum absolute atomic E-state index is 13.3. The Morgan fingerprint density at radius 2 is 1.72 bits per heavy atom. The first-order valence-electron chi connectivity index (χ1n) is 9.28. The topological polar surface area (TPSA) is 35.6 Å². The minimum absolute atomic E-state index is 0.0457. The molecule has 25 heavy (non-hydrogen) atoms. The molecule has 1 unspecified atom stereocenters. The Kier molecular flexibility index (Phi) is 7.49. The van der Waals surface area contributed by atoms with E-state index in [4.69, 9.17) is 0 Å². The van der Waals surface area contributed by atoms with Crippen LogP contribution >= 0.6 is 0 Å². The second-order valence-corrected chi connectivity index (χ2v) is 7.19. The highest BCUT2D eigenvalue weighted by Crippen LogP contribution is 2.28. The van der Waals surface area contributed by atoms with Crippen LogP contribution in [-0.4, -0.2) is 66.9 Å². The number of nitrogens with one attached hydrogen (secondary N) is 1. The number of alkyl halides is 4. The zero-order valence-electron chi connectivity index (χ0n) is 14.8. The summed E-state index contributed by atoms with van der Waals surface area (Å²) in [4.78, 5) is 14.3. The normalized spacial score (nSPS) is 27.9. The third kappa shape index (κ3) is 6.40. The highest BCUT2D eigenvalue weighted by Gasteiger charge is 2.38. The third-order valence-corrected chi connectivity index (χ3v) is 5.42. The molecule has 2 fully saturated rings. The molecule has 0 aromatic rings. The Morgan fingerprint density at radius 1 is 1.12 bits per heavy atom. The van der Waals surface area contributed by atoms with Crippen LogP contribution in [-0.2, 0) is 4.79 Å². The van der Waals surface area contributed by atoms with Crippen LogP contribution in [0.3, 0.4) is 0 Å². The lowest BCUT2D eigenvalue weighted by molar-refractivity contribution is -0.252. The Labute approximate surface area is 146 Å². The highest BCUT2D eigenvalue weighted by atomic mass is 19.4. The second-order valence-electron chi connectivity index (χ2n) is 7.19. The van der Waals surface area contributed by atoms with Crippen LogP contribution in [0.15, 0.2) is 0 Å². The van der Waals surface area contributed by atoms with Crippen LogP contribution < -0.4 is 5.32 Å². The van der Waals surface area contributed by atoms with Gasteiger partial charge in [-0.15, -0.1) is 0 Å². The van der Waals surface area contributed by atoms with Crippen LogP contribution in [0.5, 0.6) is 0 Å². The summed E-state index contributed by atoms with van der Waals surface area (Å²) >= 11 is 0. The van der Waals surface area contributed by atoms with E-state index in [1.165, 1.54) is 0 Å². The number of hydrogen-bond acceptors (Lipinski definition) is 3. The molecule has 1 atom stereocenters. The number of halogens is 4. The van der Waals surface area contributed by atoms with Crippen LogP contribution in [0.25, 0.3) is 0 Å². The van der Waals surface area contributed by atoms with Crippen LogP contribution in [0.4, 0.5) is 17.6 Å². The van der Waals surface area contributed by atoms with Gasteiger partial charge in [-0.05, 0) is 51.0 Å². The van der Waals surface area contributed by atoms with Crippen molar-refractivity contribution in [3.8, 4) is 0 Å². The van der Waals surface area contributed by atoms with E-state index in [9.17, 15) is 22.4 Å². The quantitative estimate of drug-likeness (QED) is 0.579. The van der Waals surface area contributed by atoms with Gasteiger partial charge in [0.1, 0.15) is 0 Å². The van der Waals surface area contributed by atoms with E-state index in [2.05, 4.69) is 10.2 Å². The molecular formula is C17H29F4N3O. The van der Waals surface area contributed by atoms with E-state index in [-0.39, 0.29) is 25.6 Å². The lowest BCUT2D eigenvalue weighted by Crippen LogP contribution is -2.52. The molecule has 0 radical (unpaired) electrons. The first kappa shape index (κ1) is 20.4. The summed E-state index contributed by atoms with van der Waals surface area (Å²) < 4.78 is 51.1. The monoisotopic (exact) mass is 367 g/mol. The number of piperazine rings is 1. The molecule has 1 aliphatic carbocycles. The van der Waals surface area contributed by atoms with Crippen molar-refractivity contribution in [1.82, 2.24) is 15.1 Å². The smallest absolute Gasteiger partial charge is 0.351 e. The standard InChI is InChI=1S/C17H29F4N3O/c1-2-15(18)16(25)22-14-5-3-13(4-6-14)7-8-23-9-11-24(12-10-23)17(19,20)21/h13-15H,2-12H2,1H3,(H,22,25). The molecule has 0 aromatic heterocycles. The van der Waals surface area contributed by atoms with Crippen molar-refractivity contribution in [3.05, 3.63) is 0 Å². The fourth-order valence-electron chi connectivity index (χ4n) is 3.66. The van der Waals surface area contributed by atoms with Crippen molar-refractivity contribution in [2.45, 2.75) is 64.0 Å². The Hall–Kier alpha value is -0.890. The van der Waals surface area contributed by atoms with Crippen molar-refractivity contribution in [1.29, 1.82) is 0 Å². The Balaban J connectivity index is 1.61. The van der Waals surface area contributed by atoms with E-state index in [0.29, 0.717) is 23.9 Å². The number of nitrogens with zero attached hydrogens (tertiary/aromatic N) is 2. The Morgan fingerprint density at radius 3 is 2.24 bits per heavy atom. The summed E-state index contributed by atoms with van der Waals surface area (Å²) in [5.74, 6) is 0.0367. The molecule has 4 nitrogen and oxygen atoms in total. The summed E-state index contributed by atoms with van der Waals surface area (Å²) in [6, 6.07) is 0.0591. The summed E-state index contributed by atoms with van der Waals surface area (Å²) in [5, 5.41) is 2.78. The molecule has 2 rings (SSSR count). The molecule has 1 aliphatic heterocycles. The predicted octanol–water partition coefficient (Wildman–Crippen LogP) is 2.94. The fourth-order valence-corrected chi connectivity index (χ4v) is 3.66. The van der Waals surface area contributed by atoms with E-state index in [0.717, 1.165) is 38.6 Å². The van der Waals surface area contributed by atoms with Crippen molar-refractivity contribution >= 4 is 5.91 Å². The van der Waals surface area contributed by atoms with Crippen molar-refractivity contribution in [2.75, 3.05) is 32.7 Å². The third-order valence-electron chi connectivity index (χ3n) is 5.42. The summed E-state index contributed by atoms with van der Waals surface area (Å²) in [5.41, 5.74) is 0. The van der Waals surface area contributed by atoms with E-state index >= 15 is 0 Å². The minimum atomic E-state index is -4.22. The number of carbonyl (C=O) groups is 1. The van der Waals surface area contributed by atoms with Crippen LogP contribution in [0.1, 0.15) is 45.4 Å². The molecule has 8 heteroatoms. The minimum Gasteiger partial charge on any atom is -0.351 e. The molecule has 1 N–H and O–H groups in total. The molecule has 1 saturated carbocycles. The summed E-state index contributed by atoms with van der Waals surface area (Å²) in [6.45, 7) is 3.49. The van der Waals surface area contributed by atoms with E-state index < -0.39 is 18.4 Å². The fraction of sp³-hybridized carbons (Fsp3) is 0.941. The molecule has 1 heterocycles. The molecule has 2 aliphatic rings. The average molecular weight is 367 g/mol. The second kappa shape index (κ2) is 9.16. The zero-order valence-corrected chi connectivity index (χ0v) is 14.8. The van der Waals surface area contributed by atoms with Gasteiger partial charge in [0.05, 0.1) is 0 Å². The van der Waals surface area contributed by atoms with Gasteiger partial charge >= 0.3 is 6.30 Å². The highest BCUT2D eigenvalue weighted by molar-refractivity contribution is 5.80. The summed E-state index contributed by atoms with van der Waals surface area (Å²) in [6.07, 6.45) is -0.786. The van der Waals surface area contributed by atoms with Gasteiger partial charge in [0.15, 0.2) is 6.17 Å². The van der Waals surface area contributed by atoms with Gasteiger partial charge in [0, 0.05) is 32.2 Å². The van der Waals surface area contributed by atoms with Gasteiger partial charge < -0.3 is 10.2 Å². The van der Waals surface area contributed by atoms with Crippen molar-refractivity contribution in [3.63, 3.8) is 0 Å². The van der Waals surface area contributed by atoms with Gasteiger partial charge in [-0.3, -0.25) is 4.79 Å². The van der Waals surface area contributed by atoms with E-state index in [1.54, 1.807) is 6.92 Å². The van der Waals surface area contributed by atoms with Gasteiger partial charge in [-0.1, -0.05) is 6.92 Å². The van der Waals surface area contributed by atoms with Gasteiger partial charge in [0.2, 0.25) is 0 Å². The average Bonchev–Trinajstić information content (AvgIpc) is 2.60.